The van der Waals surface area contributed by atoms with Crippen molar-refractivity contribution in [3.8, 4) is 0 Å². The van der Waals surface area contributed by atoms with Crippen LogP contribution in [-0.4, -0.2) is 9.13 Å². The summed E-state index contributed by atoms with van der Waals surface area (Å²) in [5.74, 6) is 0. The summed E-state index contributed by atoms with van der Waals surface area (Å²) in [6.07, 6.45) is 6.01. The summed E-state index contributed by atoms with van der Waals surface area (Å²) in [5, 5.41) is 0. The summed E-state index contributed by atoms with van der Waals surface area (Å²) < 4.78 is 3.57. The number of aromatic nitrogens is 2. The van der Waals surface area contributed by atoms with Gasteiger partial charge >= 0.3 is 5.69 Å². The van der Waals surface area contributed by atoms with Gasteiger partial charge in [0, 0.05) is 24.1 Å². The Labute approximate surface area is 99.3 Å². The molecule has 1 heterocycles. The molecular formula is C13H15N3O. The van der Waals surface area contributed by atoms with Crippen LogP contribution in [0.1, 0.15) is 24.4 Å². The topological polar surface area (TPSA) is 52.9 Å². The third kappa shape index (κ3) is 1.98. The van der Waals surface area contributed by atoms with Gasteiger partial charge in [0.05, 0.1) is 6.54 Å². The fraction of sp³-hybridized carbons (Fsp3) is 0.308. The van der Waals surface area contributed by atoms with Gasteiger partial charge in [0.25, 0.3) is 0 Å². The van der Waals surface area contributed by atoms with Crippen molar-refractivity contribution in [2.24, 2.45) is 0 Å². The summed E-state index contributed by atoms with van der Waals surface area (Å²) in [6, 6.07) is 8.07. The standard InChI is InChI=1S/C13H15N3O/c14-11-3-1-10(2-4-11)9-15-7-8-16(13(15)17)12-5-6-12/h1-4,7-8,12H,5-6,9,14H2. The van der Waals surface area contributed by atoms with Crippen LogP contribution in [0.3, 0.4) is 0 Å². The summed E-state index contributed by atoms with van der Waals surface area (Å²) in [4.78, 5) is 12.0. The lowest BCUT2D eigenvalue weighted by Gasteiger charge is -2.02. The first-order valence-corrected chi connectivity index (χ1v) is 5.86. The number of imidazole rings is 1. The van der Waals surface area contributed by atoms with E-state index in [0.29, 0.717) is 12.6 Å². The van der Waals surface area contributed by atoms with Crippen molar-refractivity contribution in [2.45, 2.75) is 25.4 Å². The lowest BCUT2D eigenvalue weighted by atomic mass is 10.2. The highest BCUT2D eigenvalue weighted by Crippen LogP contribution is 2.33. The number of nitrogens with two attached hydrogens (primary N) is 1. The van der Waals surface area contributed by atoms with Crippen molar-refractivity contribution in [3.63, 3.8) is 0 Å². The third-order valence-corrected chi connectivity index (χ3v) is 3.15. The average molecular weight is 229 g/mol. The van der Waals surface area contributed by atoms with Gasteiger partial charge in [-0.2, -0.15) is 0 Å². The summed E-state index contributed by atoms with van der Waals surface area (Å²) >= 11 is 0. The number of hydrogen-bond acceptors (Lipinski definition) is 2. The van der Waals surface area contributed by atoms with Crippen LogP contribution in [0.5, 0.6) is 0 Å². The van der Waals surface area contributed by atoms with Gasteiger partial charge in [0.15, 0.2) is 0 Å². The summed E-state index contributed by atoms with van der Waals surface area (Å²) in [5.41, 5.74) is 7.56. The molecule has 1 aliphatic rings. The van der Waals surface area contributed by atoms with E-state index in [9.17, 15) is 4.79 Å². The van der Waals surface area contributed by atoms with Gasteiger partial charge < -0.3 is 5.73 Å². The van der Waals surface area contributed by atoms with Gasteiger partial charge in [0.1, 0.15) is 0 Å². The molecule has 1 fully saturated rings. The van der Waals surface area contributed by atoms with Crippen LogP contribution in [0.25, 0.3) is 0 Å². The SMILES string of the molecule is Nc1ccc(Cn2ccn(C3CC3)c2=O)cc1. The number of nitrogen functional groups attached to an aromatic ring is 1. The van der Waals surface area contributed by atoms with E-state index in [2.05, 4.69) is 0 Å². The highest BCUT2D eigenvalue weighted by molar-refractivity contribution is 5.39. The maximum absolute atomic E-state index is 12.0. The van der Waals surface area contributed by atoms with Gasteiger partial charge in [-0.3, -0.25) is 9.13 Å². The quantitative estimate of drug-likeness (QED) is 0.813. The van der Waals surface area contributed by atoms with Crippen molar-refractivity contribution < 1.29 is 0 Å². The van der Waals surface area contributed by atoms with E-state index in [4.69, 9.17) is 5.73 Å². The Kier molecular flexibility index (Phi) is 2.28. The second kappa shape index (κ2) is 3.80. The van der Waals surface area contributed by atoms with Crippen molar-refractivity contribution >= 4 is 5.69 Å². The van der Waals surface area contributed by atoms with Crippen LogP contribution < -0.4 is 11.4 Å². The molecule has 2 N–H and O–H groups in total. The molecule has 0 atom stereocenters. The molecule has 1 aromatic carbocycles. The Hall–Kier alpha value is -1.97. The lowest BCUT2D eigenvalue weighted by Crippen LogP contribution is -2.23. The van der Waals surface area contributed by atoms with E-state index < -0.39 is 0 Å². The van der Waals surface area contributed by atoms with E-state index in [-0.39, 0.29) is 5.69 Å². The zero-order valence-electron chi connectivity index (χ0n) is 9.54. The molecule has 0 amide bonds. The van der Waals surface area contributed by atoms with Gasteiger partial charge in [-0.05, 0) is 30.5 Å². The average Bonchev–Trinajstić information content (AvgIpc) is 3.10. The van der Waals surface area contributed by atoms with E-state index in [1.165, 1.54) is 0 Å². The Morgan fingerprint density at radius 1 is 1.18 bits per heavy atom. The molecule has 0 aliphatic heterocycles. The number of hydrogen-bond donors (Lipinski definition) is 1. The van der Waals surface area contributed by atoms with Crippen molar-refractivity contribution in [1.29, 1.82) is 0 Å². The van der Waals surface area contributed by atoms with Crippen molar-refractivity contribution in [1.82, 2.24) is 9.13 Å². The number of benzene rings is 1. The zero-order valence-corrected chi connectivity index (χ0v) is 9.54. The Bertz CT molecular complexity index is 575. The molecule has 0 saturated heterocycles. The highest BCUT2D eigenvalue weighted by atomic mass is 16.1. The number of rotatable bonds is 3. The molecule has 1 aliphatic carbocycles. The van der Waals surface area contributed by atoms with Crippen LogP contribution in [0, 0.1) is 0 Å². The van der Waals surface area contributed by atoms with Gasteiger partial charge in [-0.1, -0.05) is 12.1 Å². The predicted molar refractivity (Wildman–Crippen MR) is 66.9 cm³/mol. The van der Waals surface area contributed by atoms with E-state index in [0.717, 1.165) is 24.1 Å². The molecule has 17 heavy (non-hydrogen) atoms. The monoisotopic (exact) mass is 229 g/mol. The fourth-order valence-corrected chi connectivity index (χ4v) is 2.00. The molecule has 3 rings (SSSR count). The minimum atomic E-state index is 0.0873. The number of anilines is 1. The van der Waals surface area contributed by atoms with Gasteiger partial charge in [-0.25, -0.2) is 4.79 Å². The molecule has 88 valence electrons. The molecule has 4 nitrogen and oxygen atoms in total. The Balaban J connectivity index is 1.85. The third-order valence-electron chi connectivity index (χ3n) is 3.15. The van der Waals surface area contributed by atoms with E-state index in [1.54, 1.807) is 4.57 Å². The molecule has 1 saturated carbocycles. The molecule has 1 aromatic heterocycles. The maximum Gasteiger partial charge on any atom is 0.328 e. The first-order chi connectivity index (χ1) is 8.24. The zero-order chi connectivity index (χ0) is 11.8. The van der Waals surface area contributed by atoms with Crippen LogP contribution in [0.2, 0.25) is 0 Å². The Morgan fingerprint density at radius 3 is 2.53 bits per heavy atom. The minimum Gasteiger partial charge on any atom is -0.399 e. The van der Waals surface area contributed by atoms with Gasteiger partial charge in [-0.15, -0.1) is 0 Å². The van der Waals surface area contributed by atoms with Crippen LogP contribution in [0.15, 0.2) is 41.5 Å². The highest BCUT2D eigenvalue weighted by Gasteiger charge is 2.25. The lowest BCUT2D eigenvalue weighted by molar-refractivity contribution is 0.656. The first-order valence-electron chi connectivity index (χ1n) is 5.86. The van der Waals surface area contributed by atoms with Gasteiger partial charge in [0.2, 0.25) is 0 Å². The van der Waals surface area contributed by atoms with Crippen LogP contribution >= 0.6 is 0 Å². The first kappa shape index (κ1) is 10.2. The molecule has 2 aromatic rings. The molecule has 0 bridgehead atoms. The molecule has 0 radical (unpaired) electrons. The normalized spacial score (nSPS) is 15.1. The van der Waals surface area contributed by atoms with E-state index in [1.807, 2.05) is 41.2 Å². The predicted octanol–water partition coefficient (Wildman–Crippen LogP) is 1.62. The van der Waals surface area contributed by atoms with Crippen LogP contribution in [-0.2, 0) is 6.54 Å². The molecule has 0 unspecified atom stereocenters. The molecule has 0 spiro atoms. The maximum atomic E-state index is 12.0. The van der Waals surface area contributed by atoms with Crippen LogP contribution in [0.4, 0.5) is 5.69 Å². The number of nitrogens with zero attached hydrogens (tertiary/aromatic N) is 2. The molecular weight excluding hydrogens is 214 g/mol. The fourth-order valence-electron chi connectivity index (χ4n) is 2.00. The minimum absolute atomic E-state index is 0.0873. The largest absolute Gasteiger partial charge is 0.399 e. The summed E-state index contributed by atoms with van der Waals surface area (Å²) in [7, 11) is 0. The molecule has 4 heteroatoms. The second-order valence-electron chi connectivity index (χ2n) is 4.59. The smallest absolute Gasteiger partial charge is 0.328 e. The van der Waals surface area contributed by atoms with Crippen molar-refractivity contribution in [2.75, 3.05) is 5.73 Å². The van der Waals surface area contributed by atoms with E-state index >= 15 is 0 Å². The summed E-state index contributed by atoms with van der Waals surface area (Å²) in [6.45, 7) is 0.610. The van der Waals surface area contributed by atoms with Crippen molar-refractivity contribution in [3.05, 3.63) is 52.7 Å². The Morgan fingerprint density at radius 2 is 1.88 bits per heavy atom. The second-order valence-corrected chi connectivity index (χ2v) is 4.59.